The fourth-order valence-corrected chi connectivity index (χ4v) is 2.07. The smallest absolute Gasteiger partial charge is 0.307 e. The molecule has 0 atom stereocenters. The lowest BCUT2D eigenvalue weighted by molar-refractivity contribution is -0.136. The Morgan fingerprint density at radius 2 is 2.19 bits per heavy atom. The third-order valence-electron chi connectivity index (χ3n) is 2.48. The number of hydrogen-bond acceptors (Lipinski definition) is 2. The van der Waals surface area contributed by atoms with Gasteiger partial charge in [0, 0.05) is 5.88 Å². The zero-order valence-corrected chi connectivity index (χ0v) is 9.71. The Morgan fingerprint density at radius 3 is 2.62 bits per heavy atom. The Kier molecular flexibility index (Phi) is 4.33. The Balaban J connectivity index is 3.32. The lowest BCUT2D eigenvalue weighted by Gasteiger charge is -2.12. The Hall–Kier alpha value is -1.53. The molecule has 0 heterocycles. The van der Waals surface area contributed by atoms with Gasteiger partial charge in [0.2, 0.25) is 0 Å². The zero-order chi connectivity index (χ0) is 12.1. The van der Waals surface area contributed by atoms with Gasteiger partial charge in [0.25, 0.3) is 0 Å². The fraction of sp³-hybridized carbons (Fsp3) is 0.333. The molecule has 0 bridgehead atoms. The average Bonchev–Trinajstić information content (AvgIpc) is 2.27. The molecule has 1 aromatic carbocycles. The number of halogens is 1. The van der Waals surface area contributed by atoms with Crippen LogP contribution in [0.2, 0.25) is 0 Å². The number of nitriles is 1. The highest BCUT2D eigenvalue weighted by molar-refractivity contribution is 6.17. The molecule has 1 rings (SSSR count). The standard InChI is InChI=1S/C12H12ClNO2/c1-2-10-8(5-12(15)16)3-4-9(7-14)11(10)6-13/h3-4H,2,5-6H2,1H3,(H,15,16). The number of nitrogens with zero attached hydrogens (tertiary/aromatic N) is 1. The van der Waals surface area contributed by atoms with Crippen LogP contribution in [0.3, 0.4) is 0 Å². The minimum atomic E-state index is -0.875. The summed E-state index contributed by atoms with van der Waals surface area (Å²) in [7, 11) is 0. The second kappa shape index (κ2) is 5.53. The highest BCUT2D eigenvalue weighted by Gasteiger charge is 2.13. The summed E-state index contributed by atoms with van der Waals surface area (Å²) in [6.07, 6.45) is 0.652. The molecule has 0 aliphatic carbocycles. The predicted molar refractivity (Wildman–Crippen MR) is 61.4 cm³/mol. The summed E-state index contributed by atoms with van der Waals surface area (Å²) < 4.78 is 0. The molecule has 84 valence electrons. The van der Waals surface area contributed by atoms with E-state index in [4.69, 9.17) is 22.0 Å². The summed E-state index contributed by atoms with van der Waals surface area (Å²) >= 11 is 5.80. The van der Waals surface area contributed by atoms with E-state index in [1.54, 1.807) is 12.1 Å². The summed E-state index contributed by atoms with van der Waals surface area (Å²) in [5.41, 5.74) is 2.91. The average molecular weight is 238 g/mol. The summed E-state index contributed by atoms with van der Waals surface area (Å²) in [5, 5.41) is 17.7. The van der Waals surface area contributed by atoms with Crippen molar-refractivity contribution in [2.24, 2.45) is 0 Å². The third-order valence-corrected chi connectivity index (χ3v) is 2.74. The maximum absolute atomic E-state index is 10.7. The van der Waals surface area contributed by atoms with Gasteiger partial charge in [0.15, 0.2) is 0 Å². The topological polar surface area (TPSA) is 61.1 Å². The van der Waals surface area contributed by atoms with E-state index in [9.17, 15) is 4.79 Å². The van der Waals surface area contributed by atoms with Crippen molar-refractivity contribution < 1.29 is 9.90 Å². The Morgan fingerprint density at radius 1 is 1.50 bits per heavy atom. The van der Waals surface area contributed by atoms with E-state index in [-0.39, 0.29) is 12.3 Å². The molecule has 0 amide bonds. The maximum Gasteiger partial charge on any atom is 0.307 e. The number of carbonyl (C=O) groups is 1. The molecule has 4 heteroatoms. The number of carboxylic acids is 1. The van der Waals surface area contributed by atoms with Crippen LogP contribution in [0.15, 0.2) is 12.1 Å². The van der Waals surface area contributed by atoms with Crippen LogP contribution < -0.4 is 0 Å². The fourth-order valence-electron chi connectivity index (χ4n) is 1.77. The van der Waals surface area contributed by atoms with Gasteiger partial charge in [0.05, 0.1) is 18.1 Å². The van der Waals surface area contributed by atoms with Crippen molar-refractivity contribution in [2.45, 2.75) is 25.6 Å². The zero-order valence-electron chi connectivity index (χ0n) is 8.96. The lowest BCUT2D eigenvalue weighted by Crippen LogP contribution is -2.06. The second-order valence-corrected chi connectivity index (χ2v) is 3.67. The molecule has 1 N–H and O–H groups in total. The van der Waals surface area contributed by atoms with Crippen LogP contribution in [0, 0.1) is 11.3 Å². The van der Waals surface area contributed by atoms with Gasteiger partial charge in [-0.05, 0) is 29.2 Å². The molecule has 0 aliphatic heterocycles. The van der Waals surface area contributed by atoms with Crippen molar-refractivity contribution in [1.29, 1.82) is 5.26 Å². The third kappa shape index (κ3) is 2.53. The molecular formula is C12H12ClNO2. The molecule has 1 aromatic rings. The van der Waals surface area contributed by atoms with E-state index in [0.29, 0.717) is 12.0 Å². The lowest BCUT2D eigenvalue weighted by atomic mass is 9.94. The molecule has 0 fully saturated rings. The highest BCUT2D eigenvalue weighted by atomic mass is 35.5. The predicted octanol–water partition coefficient (Wildman–Crippen LogP) is 2.49. The van der Waals surface area contributed by atoms with Crippen LogP contribution in [0.4, 0.5) is 0 Å². The molecule has 0 aliphatic rings. The van der Waals surface area contributed by atoms with Crippen molar-refractivity contribution in [1.82, 2.24) is 0 Å². The molecule has 16 heavy (non-hydrogen) atoms. The van der Waals surface area contributed by atoms with Gasteiger partial charge in [-0.2, -0.15) is 5.26 Å². The van der Waals surface area contributed by atoms with Crippen LogP contribution in [0.1, 0.15) is 29.2 Å². The van der Waals surface area contributed by atoms with Crippen LogP contribution in [0.5, 0.6) is 0 Å². The van der Waals surface area contributed by atoms with E-state index in [1.807, 2.05) is 6.92 Å². The molecule has 0 unspecified atom stereocenters. The van der Waals surface area contributed by atoms with Crippen molar-refractivity contribution in [2.75, 3.05) is 0 Å². The van der Waals surface area contributed by atoms with Gasteiger partial charge in [-0.3, -0.25) is 4.79 Å². The summed E-state index contributed by atoms with van der Waals surface area (Å²) in [5.74, 6) is -0.639. The Bertz CT molecular complexity index is 449. The number of hydrogen-bond donors (Lipinski definition) is 1. The monoisotopic (exact) mass is 237 g/mol. The van der Waals surface area contributed by atoms with Crippen molar-refractivity contribution in [3.63, 3.8) is 0 Å². The van der Waals surface area contributed by atoms with Gasteiger partial charge in [-0.25, -0.2) is 0 Å². The van der Waals surface area contributed by atoms with Crippen molar-refractivity contribution in [3.05, 3.63) is 34.4 Å². The van der Waals surface area contributed by atoms with E-state index >= 15 is 0 Å². The van der Waals surface area contributed by atoms with E-state index < -0.39 is 5.97 Å². The molecule has 0 aromatic heterocycles. The molecule has 0 saturated carbocycles. The van der Waals surface area contributed by atoms with E-state index in [1.165, 1.54) is 0 Å². The minimum absolute atomic E-state index is 0.0290. The quantitative estimate of drug-likeness (QED) is 0.819. The number of aliphatic carboxylic acids is 1. The normalized spacial score (nSPS) is 9.81. The maximum atomic E-state index is 10.7. The van der Waals surface area contributed by atoms with Gasteiger partial charge in [-0.15, -0.1) is 11.6 Å². The highest BCUT2D eigenvalue weighted by Crippen LogP contribution is 2.22. The van der Waals surface area contributed by atoms with Gasteiger partial charge >= 0.3 is 5.97 Å². The summed E-state index contributed by atoms with van der Waals surface area (Å²) in [6.45, 7) is 1.93. The molecule has 0 spiro atoms. The van der Waals surface area contributed by atoms with E-state index in [2.05, 4.69) is 6.07 Å². The number of rotatable bonds is 4. The Labute approximate surface area is 99.3 Å². The number of alkyl halides is 1. The van der Waals surface area contributed by atoms with E-state index in [0.717, 1.165) is 16.7 Å². The van der Waals surface area contributed by atoms with Crippen LogP contribution in [-0.2, 0) is 23.5 Å². The van der Waals surface area contributed by atoms with Crippen LogP contribution in [0.25, 0.3) is 0 Å². The molecule has 0 radical (unpaired) electrons. The minimum Gasteiger partial charge on any atom is -0.481 e. The molecule has 3 nitrogen and oxygen atoms in total. The molecule has 0 saturated heterocycles. The van der Waals surface area contributed by atoms with Gasteiger partial charge in [-0.1, -0.05) is 13.0 Å². The first-order valence-corrected chi connectivity index (χ1v) is 5.49. The first-order chi connectivity index (χ1) is 7.63. The van der Waals surface area contributed by atoms with Crippen LogP contribution >= 0.6 is 11.6 Å². The summed E-state index contributed by atoms with van der Waals surface area (Å²) in [4.78, 5) is 10.7. The SMILES string of the molecule is CCc1c(CC(=O)O)ccc(C#N)c1CCl. The number of benzene rings is 1. The first-order valence-electron chi connectivity index (χ1n) is 4.95. The summed E-state index contributed by atoms with van der Waals surface area (Å²) in [6, 6.07) is 5.40. The number of carboxylic acid groups (broad SMARTS) is 1. The second-order valence-electron chi connectivity index (χ2n) is 3.40. The van der Waals surface area contributed by atoms with Crippen molar-refractivity contribution >= 4 is 17.6 Å². The van der Waals surface area contributed by atoms with Crippen LogP contribution in [-0.4, -0.2) is 11.1 Å². The first kappa shape index (κ1) is 12.5. The van der Waals surface area contributed by atoms with Gasteiger partial charge < -0.3 is 5.11 Å². The molecular weight excluding hydrogens is 226 g/mol. The van der Waals surface area contributed by atoms with Crippen molar-refractivity contribution in [3.8, 4) is 6.07 Å². The van der Waals surface area contributed by atoms with Gasteiger partial charge in [0.1, 0.15) is 0 Å². The largest absolute Gasteiger partial charge is 0.481 e.